The fourth-order valence-corrected chi connectivity index (χ4v) is 5.29. The van der Waals surface area contributed by atoms with Gasteiger partial charge in [0, 0.05) is 13.6 Å². The van der Waals surface area contributed by atoms with Gasteiger partial charge in [-0.2, -0.15) is 0 Å². The number of carbonyl (C=O) groups is 2. The summed E-state index contributed by atoms with van der Waals surface area (Å²) in [6.07, 6.45) is 0. The molecule has 0 heterocycles. The van der Waals surface area contributed by atoms with Gasteiger partial charge in [0.15, 0.2) is 0 Å². The molecule has 0 aromatic heterocycles. The summed E-state index contributed by atoms with van der Waals surface area (Å²) in [4.78, 5) is 27.8. The number of nitrogens with one attached hydrogen (secondary N) is 1. The third-order valence-corrected chi connectivity index (χ3v) is 8.05. The minimum Gasteiger partial charge on any atom is -0.497 e. The number of aryl methyl sites for hydroxylation is 2. The number of hydrogen-bond donors (Lipinski definition) is 1. The molecule has 2 amide bonds. The fraction of sp³-hybridized carbons (Fsp3) is 0.286. The molecule has 9 heteroatoms. The minimum absolute atomic E-state index is 0.0199. The Morgan fingerprint density at radius 2 is 1.57 bits per heavy atom. The number of anilines is 1. The minimum atomic E-state index is -4.12. The Morgan fingerprint density at radius 1 is 0.946 bits per heavy atom. The highest BCUT2D eigenvalue weighted by atomic mass is 32.2. The lowest BCUT2D eigenvalue weighted by atomic mass is 10.1. The summed E-state index contributed by atoms with van der Waals surface area (Å²) in [5.74, 6) is -0.334. The van der Waals surface area contributed by atoms with E-state index in [4.69, 9.17) is 4.74 Å². The maximum Gasteiger partial charge on any atom is 0.264 e. The van der Waals surface area contributed by atoms with Crippen LogP contribution in [0.5, 0.6) is 5.75 Å². The lowest BCUT2D eigenvalue weighted by Crippen LogP contribution is -2.50. The van der Waals surface area contributed by atoms with Gasteiger partial charge in [-0.05, 0) is 68.3 Å². The molecule has 0 aliphatic heterocycles. The zero-order chi connectivity index (χ0) is 27.2. The lowest BCUT2D eigenvalue weighted by molar-refractivity contribution is -0.139. The highest BCUT2D eigenvalue weighted by molar-refractivity contribution is 7.92. The van der Waals surface area contributed by atoms with Crippen molar-refractivity contribution in [2.45, 2.75) is 38.3 Å². The second kappa shape index (κ2) is 11.9. The van der Waals surface area contributed by atoms with Crippen LogP contribution < -0.4 is 14.4 Å². The normalized spacial score (nSPS) is 11.9. The van der Waals surface area contributed by atoms with E-state index in [9.17, 15) is 18.0 Å². The van der Waals surface area contributed by atoms with Crippen molar-refractivity contribution in [2.24, 2.45) is 0 Å². The molecule has 0 aliphatic rings. The maximum absolute atomic E-state index is 13.8. The van der Waals surface area contributed by atoms with Crippen LogP contribution in [0.15, 0.2) is 77.7 Å². The van der Waals surface area contributed by atoms with Crippen molar-refractivity contribution in [1.29, 1.82) is 0 Å². The zero-order valence-electron chi connectivity index (χ0n) is 21.8. The van der Waals surface area contributed by atoms with Crippen molar-refractivity contribution < 1.29 is 22.7 Å². The molecule has 3 aromatic carbocycles. The Labute approximate surface area is 218 Å². The molecule has 0 fully saturated rings. The third-order valence-electron chi connectivity index (χ3n) is 6.26. The molecule has 196 valence electrons. The van der Waals surface area contributed by atoms with E-state index in [2.05, 4.69) is 5.32 Å². The van der Waals surface area contributed by atoms with Crippen molar-refractivity contribution in [3.63, 3.8) is 0 Å². The van der Waals surface area contributed by atoms with Gasteiger partial charge in [0.05, 0.1) is 17.7 Å². The van der Waals surface area contributed by atoms with Gasteiger partial charge >= 0.3 is 0 Å². The van der Waals surface area contributed by atoms with Crippen LogP contribution >= 0.6 is 0 Å². The smallest absolute Gasteiger partial charge is 0.264 e. The SMILES string of the molecule is CNC(=O)[C@@H](C)N(Cc1ccccc1C)C(=O)CN(c1ccc(C)cc1)S(=O)(=O)c1ccc(OC)cc1. The zero-order valence-corrected chi connectivity index (χ0v) is 22.6. The summed E-state index contributed by atoms with van der Waals surface area (Å²) in [7, 11) is -1.12. The third kappa shape index (κ3) is 6.48. The molecule has 0 unspecified atom stereocenters. The van der Waals surface area contributed by atoms with Gasteiger partial charge in [-0.3, -0.25) is 13.9 Å². The van der Waals surface area contributed by atoms with Crippen LogP contribution in [0.4, 0.5) is 5.69 Å². The molecule has 0 saturated heterocycles. The predicted molar refractivity (Wildman–Crippen MR) is 144 cm³/mol. The molecule has 0 bridgehead atoms. The number of methoxy groups -OCH3 is 1. The second-order valence-corrected chi connectivity index (χ2v) is 10.6. The molecule has 8 nitrogen and oxygen atoms in total. The highest BCUT2D eigenvalue weighted by Crippen LogP contribution is 2.26. The van der Waals surface area contributed by atoms with Gasteiger partial charge in [-0.25, -0.2) is 8.42 Å². The molecule has 1 atom stereocenters. The van der Waals surface area contributed by atoms with Crippen LogP contribution in [-0.4, -0.2) is 51.9 Å². The Hall–Kier alpha value is -3.85. The van der Waals surface area contributed by atoms with E-state index >= 15 is 0 Å². The van der Waals surface area contributed by atoms with Crippen molar-refractivity contribution in [1.82, 2.24) is 10.2 Å². The Balaban J connectivity index is 2.03. The van der Waals surface area contributed by atoms with Crippen molar-refractivity contribution in [3.8, 4) is 5.75 Å². The number of likely N-dealkylation sites (N-methyl/N-ethyl adjacent to an activating group) is 1. The van der Waals surface area contributed by atoms with Crippen molar-refractivity contribution in [2.75, 3.05) is 25.0 Å². The molecule has 0 radical (unpaired) electrons. The van der Waals surface area contributed by atoms with Gasteiger partial charge in [0.25, 0.3) is 10.0 Å². The first kappa shape index (κ1) is 27.7. The molecule has 1 N–H and O–H groups in total. The van der Waals surface area contributed by atoms with Crippen LogP contribution in [0.2, 0.25) is 0 Å². The van der Waals surface area contributed by atoms with Crippen LogP contribution in [0.25, 0.3) is 0 Å². The summed E-state index contributed by atoms with van der Waals surface area (Å²) in [6.45, 7) is 5.12. The van der Waals surface area contributed by atoms with Gasteiger partial charge < -0.3 is 15.0 Å². The quantitative estimate of drug-likeness (QED) is 0.438. The summed E-state index contributed by atoms with van der Waals surface area (Å²) in [5, 5.41) is 2.58. The molecule has 3 rings (SSSR count). The molecule has 0 spiro atoms. The average molecular weight is 524 g/mol. The van der Waals surface area contributed by atoms with E-state index in [-0.39, 0.29) is 17.3 Å². The number of benzene rings is 3. The Kier molecular flexibility index (Phi) is 8.94. The second-order valence-electron chi connectivity index (χ2n) is 8.76. The molecule has 0 aliphatic carbocycles. The number of carbonyl (C=O) groups excluding carboxylic acids is 2. The van der Waals surface area contributed by atoms with Gasteiger partial charge in [-0.1, -0.05) is 42.0 Å². The highest BCUT2D eigenvalue weighted by Gasteiger charge is 2.32. The summed E-state index contributed by atoms with van der Waals surface area (Å²) >= 11 is 0. The van der Waals surface area contributed by atoms with Crippen LogP contribution in [-0.2, 0) is 26.2 Å². The van der Waals surface area contributed by atoms with E-state index in [1.807, 2.05) is 38.1 Å². The summed E-state index contributed by atoms with van der Waals surface area (Å²) in [5.41, 5.74) is 3.13. The van der Waals surface area contributed by atoms with E-state index in [0.717, 1.165) is 21.0 Å². The van der Waals surface area contributed by atoms with Gasteiger partial charge in [0.1, 0.15) is 18.3 Å². The largest absolute Gasteiger partial charge is 0.497 e. The lowest BCUT2D eigenvalue weighted by Gasteiger charge is -2.32. The van der Waals surface area contributed by atoms with Crippen LogP contribution in [0.1, 0.15) is 23.6 Å². The van der Waals surface area contributed by atoms with Gasteiger partial charge in [0.2, 0.25) is 11.8 Å². The number of amides is 2. The first-order valence-corrected chi connectivity index (χ1v) is 13.3. The predicted octanol–water partition coefficient (Wildman–Crippen LogP) is 3.67. The molecule has 3 aromatic rings. The van der Waals surface area contributed by atoms with Gasteiger partial charge in [-0.15, -0.1) is 0 Å². The van der Waals surface area contributed by atoms with E-state index in [0.29, 0.717) is 11.4 Å². The van der Waals surface area contributed by atoms with Crippen LogP contribution in [0, 0.1) is 13.8 Å². The van der Waals surface area contributed by atoms with E-state index in [1.54, 1.807) is 43.3 Å². The number of sulfonamides is 1. The Bertz CT molecular complexity index is 1340. The standard InChI is InChI=1S/C28H33N3O5S/c1-20-10-12-24(13-11-20)31(37(34,35)26-16-14-25(36-5)15-17-26)19-27(32)30(22(3)28(33)29-4)18-23-9-7-6-8-21(23)2/h6-17,22H,18-19H2,1-5H3,(H,29,33)/t22-/m1/s1. The molecule has 37 heavy (non-hydrogen) atoms. The monoisotopic (exact) mass is 523 g/mol. The van der Waals surface area contributed by atoms with E-state index < -0.39 is 28.5 Å². The van der Waals surface area contributed by atoms with Crippen molar-refractivity contribution >= 4 is 27.5 Å². The Morgan fingerprint density at radius 3 is 2.14 bits per heavy atom. The maximum atomic E-state index is 13.8. The fourth-order valence-electron chi connectivity index (χ4n) is 3.88. The number of hydrogen-bond acceptors (Lipinski definition) is 5. The van der Waals surface area contributed by atoms with E-state index in [1.165, 1.54) is 31.2 Å². The van der Waals surface area contributed by atoms with Crippen LogP contribution in [0.3, 0.4) is 0 Å². The average Bonchev–Trinajstić information content (AvgIpc) is 2.90. The number of ether oxygens (including phenoxy) is 1. The summed E-state index contributed by atoms with van der Waals surface area (Å²) < 4.78 is 33.8. The molecular formula is C28H33N3O5S. The first-order chi connectivity index (χ1) is 17.6. The van der Waals surface area contributed by atoms with Crippen molar-refractivity contribution in [3.05, 3.63) is 89.5 Å². The summed E-state index contributed by atoms with van der Waals surface area (Å²) in [6, 6.07) is 19.7. The number of nitrogens with zero attached hydrogens (tertiary/aromatic N) is 2. The molecular weight excluding hydrogens is 490 g/mol. The first-order valence-electron chi connectivity index (χ1n) is 11.9. The number of rotatable bonds is 10. The topological polar surface area (TPSA) is 96.0 Å². The molecule has 0 saturated carbocycles.